The van der Waals surface area contributed by atoms with Crippen LogP contribution in [0.15, 0.2) is 12.1 Å². The Kier molecular flexibility index (Phi) is 3.24. The Bertz CT molecular complexity index is 521. The number of benzene rings is 1. The molecule has 0 bridgehead atoms. The number of nitrogens with one attached hydrogen (secondary N) is 2. The first-order valence-corrected chi connectivity index (χ1v) is 6.65. The van der Waals surface area contributed by atoms with Crippen molar-refractivity contribution in [3.8, 4) is 5.75 Å². The molecule has 3 rings (SSSR count). The molecule has 0 radical (unpaired) electrons. The van der Waals surface area contributed by atoms with E-state index in [1.54, 1.807) is 6.07 Å². The second-order valence-corrected chi connectivity index (χ2v) is 5.19. The number of hydrogen-bond acceptors (Lipinski definition) is 4. The first-order chi connectivity index (χ1) is 9.13. The number of ether oxygens (including phenoxy) is 2. The Balaban J connectivity index is 1.84. The van der Waals surface area contributed by atoms with Gasteiger partial charge in [0.05, 0.1) is 28.5 Å². The number of anilines is 2. The Hall–Kier alpha value is -1.46. The summed E-state index contributed by atoms with van der Waals surface area (Å²) in [4.78, 5) is 11.2. The third-order valence-corrected chi connectivity index (χ3v) is 3.73. The van der Waals surface area contributed by atoms with Gasteiger partial charge < -0.3 is 20.1 Å². The molecule has 19 heavy (non-hydrogen) atoms. The number of carbonyl (C=O) groups excluding carboxylic acids is 1. The van der Waals surface area contributed by atoms with Gasteiger partial charge in [0.2, 0.25) is 0 Å². The van der Waals surface area contributed by atoms with E-state index in [1.165, 1.54) is 0 Å². The van der Waals surface area contributed by atoms with Crippen molar-refractivity contribution in [2.75, 3.05) is 23.8 Å². The number of hydrogen-bond donors (Lipinski definition) is 2. The summed E-state index contributed by atoms with van der Waals surface area (Å²) in [5.41, 5.74) is 1.42. The fourth-order valence-electron chi connectivity index (χ4n) is 2.33. The minimum atomic E-state index is -0.165. The van der Waals surface area contributed by atoms with Crippen LogP contribution in [0, 0.1) is 0 Å². The molecule has 2 unspecified atom stereocenters. The van der Waals surface area contributed by atoms with E-state index in [9.17, 15) is 4.79 Å². The van der Waals surface area contributed by atoms with Gasteiger partial charge in [0.25, 0.3) is 5.91 Å². The number of fused-ring (bicyclic) bond motifs is 1. The summed E-state index contributed by atoms with van der Waals surface area (Å²) in [5.74, 6) is 0.472. The third-order valence-electron chi connectivity index (χ3n) is 3.42. The molecule has 1 fully saturated rings. The molecule has 2 aliphatic rings. The van der Waals surface area contributed by atoms with Crippen LogP contribution >= 0.6 is 11.6 Å². The summed E-state index contributed by atoms with van der Waals surface area (Å²) in [6, 6.07) is 3.77. The Labute approximate surface area is 116 Å². The number of carbonyl (C=O) groups is 1. The predicted molar refractivity (Wildman–Crippen MR) is 73.0 cm³/mol. The zero-order valence-corrected chi connectivity index (χ0v) is 11.3. The molecule has 6 heteroatoms. The molecule has 1 aromatic rings. The first kappa shape index (κ1) is 12.6. The van der Waals surface area contributed by atoms with E-state index in [0.29, 0.717) is 16.5 Å². The summed E-state index contributed by atoms with van der Waals surface area (Å²) in [7, 11) is 0. The largest absolute Gasteiger partial charge is 0.482 e. The van der Waals surface area contributed by atoms with E-state index in [2.05, 4.69) is 10.6 Å². The van der Waals surface area contributed by atoms with E-state index < -0.39 is 0 Å². The van der Waals surface area contributed by atoms with Crippen molar-refractivity contribution in [2.24, 2.45) is 0 Å². The quantitative estimate of drug-likeness (QED) is 0.873. The van der Waals surface area contributed by atoms with Crippen molar-refractivity contribution in [3.63, 3.8) is 0 Å². The molecular formula is C13H15ClN2O3. The molecule has 1 aromatic carbocycles. The van der Waals surface area contributed by atoms with Crippen molar-refractivity contribution in [1.29, 1.82) is 0 Å². The van der Waals surface area contributed by atoms with Gasteiger partial charge in [-0.25, -0.2) is 0 Å². The topological polar surface area (TPSA) is 59.6 Å². The summed E-state index contributed by atoms with van der Waals surface area (Å²) < 4.78 is 10.9. The number of amides is 1. The van der Waals surface area contributed by atoms with Crippen molar-refractivity contribution < 1.29 is 14.3 Å². The number of halogens is 1. The average molecular weight is 283 g/mol. The third kappa shape index (κ3) is 2.48. The normalized spacial score (nSPS) is 25.5. The fraction of sp³-hybridized carbons (Fsp3) is 0.462. The molecule has 0 spiro atoms. The van der Waals surface area contributed by atoms with Crippen LogP contribution in [0.4, 0.5) is 11.4 Å². The van der Waals surface area contributed by atoms with Crippen LogP contribution in [-0.2, 0) is 9.53 Å². The van der Waals surface area contributed by atoms with Gasteiger partial charge in [0.1, 0.15) is 5.75 Å². The van der Waals surface area contributed by atoms with Gasteiger partial charge in [-0.05, 0) is 19.4 Å². The zero-order chi connectivity index (χ0) is 13.4. The summed E-state index contributed by atoms with van der Waals surface area (Å²) in [5, 5.41) is 6.66. The van der Waals surface area contributed by atoms with Gasteiger partial charge in [-0.2, -0.15) is 0 Å². The zero-order valence-electron chi connectivity index (χ0n) is 10.5. The minimum Gasteiger partial charge on any atom is -0.482 e. The van der Waals surface area contributed by atoms with E-state index in [-0.39, 0.29) is 24.7 Å². The fourth-order valence-corrected chi connectivity index (χ4v) is 2.55. The van der Waals surface area contributed by atoms with Crippen LogP contribution < -0.4 is 15.4 Å². The summed E-state index contributed by atoms with van der Waals surface area (Å²) in [6.07, 6.45) is 1.11. The van der Waals surface area contributed by atoms with Gasteiger partial charge in [-0.3, -0.25) is 4.79 Å². The maximum absolute atomic E-state index is 11.2. The second kappa shape index (κ2) is 4.90. The van der Waals surface area contributed by atoms with E-state index in [0.717, 1.165) is 18.7 Å². The van der Waals surface area contributed by atoms with Gasteiger partial charge in [-0.1, -0.05) is 11.6 Å². The van der Waals surface area contributed by atoms with Gasteiger partial charge in [0, 0.05) is 12.7 Å². The molecule has 102 valence electrons. The van der Waals surface area contributed by atoms with E-state index >= 15 is 0 Å². The minimum absolute atomic E-state index is 0.0387. The van der Waals surface area contributed by atoms with Crippen molar-refractivity contribution in [2.45, 2.75) is 25.5 Å². The van der Waals surface area contributed by atoms with E-state index in [4.69, 9.17) is 21.1 Å². The SMILES string of the molecule is CC1OCCC1Nc1cc2c(cc1Cl)NC(=O)CO2. The standard InChI is InChI=1S/C13H15ClN2O3/c1-7-9(2-3-18-7)15-10-5-12-11(4-8(10)14)16-13(17)6-19-12/h4-5,7,9,15H,2-3,6H2,1H3,(H,16,17). The highest BCUT2D eigenvalue weighted by Gasteiger charge is 2.25. The van der Waals surface area contributed by atoms with Crippen molar-refractivity contribution in [1.82, 2.24) is 0 Å². The van der Waals surface area contributed by atoms with Crippen molar-refractivity contribution >= 4 is 28.9 Å². The van der Waals surface area contributed by atoms with Gasteiger partial charge in [-0.15, -0.1) is 0 Å². The van der Waals surface area contributed by atoms with Crippen LogP contribution in [-0.4, -0.2) is 31.3 Å². The van der Waals surface area contributed by atoms with E-state index in [1.807, 2.05) is 13.0 Å². The smallest absolute Gasteiger partial charge is 0.262 e. The molecule has 5 nitrogen and oxygen atoms in total. The molecule has 2 atom stereocenters. The summed E-state index contributed by atoms with van der Waals surface area (Å²) >= 11 is 6.22. The lowest BCUT2D eigenvalue weighted by molar-refractivity contribution is -0.118. The lowest BCUT2D eigenvalue weighted by Gasteiger charge is -2.22. The molecule has 0 aliphatic carbocycles. The lowest BCUT2D eigenvalue weighted by Crippen LogP contribution is -2.28. The first-order valence-electron chi connectivity index (χ1n) is 6.28. The van der Waals surface area contributed by atoms with Crippen LogP contribution in [0.25, 0.3) is 0 Å². The van der Waals surface area contributed by atoms with Crippen LogP contribution in [0.2, 0.25) is 5.02 Å². The highest BCUT2D eigenvalue weighted by Crippen LogP contribution is 2.37. The van der Waals surface area contributed by atoms with Crippen LogP contribution in [0.1, 0.15) is 13.3 Å². The molecule has 0 saturated carbocycles. The second-order valence-electron chi connectivity index (χ2n) is 4.78. The maximum Gasteiger partial charge on any atom is 0.262 e. The summed E-state index contributed by atoms with van der Waals surface area (Å²) in [6.45, 7) is 2.83. The molecular weight excluding hydrogens is 268 g/mol. The molecule has 0 aromatic heterocycles. The molecule has 1 amide bonds. The molecule has 2 N–H and O–H groups in total. The highest BCUT2D eigenvalue weighted by atomic mass is 35.5. The maximum atomic E-state index is 11.2. The number of rotatable bonds is 2. The van der Waals surface area contributed by atoms with Crippen LogP contribution in [0.3, 0.4) is 0 Å². The molecule has 2 heterocycles. The van der Waals surface area contributed by atoms with Crippen LogP contribution in [0.5, 0.6) is 5.75 Å². The van der Waals surface area contributed by atoms with Crippen molar-refractivity contribution in [3.05, 3.63) is 17.2 Å². The molecule has 2 aliphatic heterocycles. The lowest BCUT2D eigenvalue weighted by atomic mass is 10.1. The highest BCUT2D eigenvalue weighted by molar-refractivity contribution is 6.33. The molecule has 1 saturated heterocycles. The Morgan fingerprint density at radius 3 is 3.05 bits per heavy atom. The monoisotopic (exact) mass is 282 g/mol. The van der Waals surface area contributed by atoms with Gasteiger partial charge in [0.15, 0.2) is 6.61 Å². The predicted octanol–water partition coefficient (Wildman–Crippen LogP) is 2.26. The Morgan fingerprint density at radius 1 is 1.47 bits per heavy atom. The Morgan fingerprint density at radius 2 is 2.32 bits per heavy atom. The average Bonchev–Trinajstić information content (AvgIpc) is 2.76. The van der Waals surface area contributed by atoms with Gasteiger partial charge >= 0.3 is 0 Å².